The third kappa shape index (κ3) is 4.49. The molecule has 3 saturated heterocycles. The number of aliphatic hydroxyl groups is 1. The van der Waals surface area contributed by atoms with Crippen molar-refractivity contribution in [3.05, 3.63) is 12.7 Å². The van der Waals surface area contributed by atoms with Gasteiger partial charge < -0.3 is 20.0 Å². The highest BCUT2D eigenvalue weighted by Crippen LogP contribution is 2.68. The number of hydrogen-bond acceptors (Lipinski definition) is 5. The number of rotatable bonds is 9. The second-order valence-corrected chi connectivity index (χ2v) is 14.1. The number of aliphatic hydroxyl groups excluding tert-OH is 1. The maximum atomic E-state index is 14.3. The van der Waals surface area contributed by atoms with Crippen molar-refractivity contribution in [1.29, 1.82) is 0 Å². The summed E-state index contributed by atoms with van der Waals surface area (Å²) in [6.45, 7) is 14.8. The van der Waals surface area contributed by atoms with Crippen molar-refractivity contribution < 1.29 is 24.6 Å². The number of nitrogens with zero attached hydrogens (tertiary/aromatic N) is 2. The Bertz CT molecular complexity index is 828. The molecule has 7 nitrogen and oxygen atoms in total. The van der Waals surface area contributed by atoms with E-state index in [1.54, 1.807) is 11.0 Å². The van der Waals surface area contributed by atoms with Gasteiger partial charge in [0.2, 0.25) is 11.8 Å². The Labute approximate surface area is 209 Å². The Morgan fingerprint density at radius 2 is 1.97 bits per heavy atom. The van der Waals surface area contributed by atoms with Gasteiger partial charge in [0.1, 0.15) is 6.04 Å². The van der Waals surface area contributed by atoms with Crippen molar-refractivity contribution in [2.75, 3.05) is 19.7 Å². The first kappa shape index (κ1) is 26.5. The van der Waals surface area contributed by atoms with Gasteiger partial charge in [0.25, 0.3) is 0 Å². The van der Waals surface area contributed by atoms with Crippen LogP contribution in [0.5, 0.6) is 0 Å². The fraction of sp³-hybridized carbons (Fsp3) is 0.792. The number of thioether (sulfide) groups is 1. The highest BCUT2D eigenvalue weighted by molar-refractivity contribution is 9.09. The number of carbonyl (C=O) groups excluding carboxylic acids is 2. The molecule has 3 aliphatic heterocycles. The zero-order chi connectivity index (χ0) is 24.9. The van der Waals surface area contributed by atoms with Crippen LogP contribution < -0.4 is 0 Å². The quantitative estimate of drug-likeness (QED) is 0.341. The van der Waals surface area contributed by atoms with E-state index >= 15 is 0 Å². The number of likely N-dealkylation sites (tertiary alicyclic amines) is 1. The van der Waals surface area contributed by atoms with E-state index in [1.807, 2.05) is 18.7 Å². The molecule has 3 aliphatic rings. The zero-order valence-electron chi connectivity index (χ0n) is 20.2. The molecule has 0 radical (unpaired) electrons. The number of carbonyl (C=O) groups is 3. The van der Waals surface area contributed by atoms with E-state index in [4.69, 9.17) is 0 Å². The number of alkyl halides is 1. The van der Waals surface area contributed by atoms with Gasteiger partial charge in [-0.25, -0.2) is 0 Å². The molecule has 0 aromatic carbocycles. The molecular weight excluding hydrogens is 508 g/mol. The molecule has 9 heteroatoms. The lowest BCUT2D eigenvalue weighted by Gasteiger charge is -2.46. The molecule has 0 aromatic heterocycles. The molecule has 3 fully saturated rings. The maximum Gasteiger partial charge on any atom is 0.308 e. The monoisotopic (exact) mass is 544 g/mol. The Balaban J connectivity index is 2.08. The van der Waals surface area contributed by atoms with E-state index in [-0.39, 0.29) is 40.5 Å². The number of amides is 2. The lowest BCUT2D eigenvalue weighted by molar-refractivity contribution is -0.149. The van der Waals surface area contributed by atoms with Crippen LogP contribution in [0.15, 0.2) is 12.7 Å². The summed E-state index contributed by atoms with van der Waals surface area (Å²) >= 11 is 5.16. The molecule has 1 spiro atoms. The summed E-state index contributed by atoms with van der Waals surface area (Å²) in [5.41, 5.74) is -0.521. The summed E-state index contributed by atoms with van der Waals surface area (Å²) in [5, 5.41) is 19.2. The summed E-state index contributed by atoms with van der Waals surface area (Å²) in [5.74, 6) is -2.97. The van der Waals surface area contributed by atoms with Gasteiger partial charge in [0.05, 0.1) is 16.6 Å². The first-order chi connectivity index (χ1) is 15.2. The summed E-state index contributed by atoms with van der Waals surface area (Å²) < 4.78 is -0.789. The largest absolute Gasteiger partial charge is 0.481 e. The zero-order valence-corrected chi connectivity index (χ0v) is 22.6. The van der Waals surface area contributed by atoms with Gasteiger partial charge in [0.15, 0.2) is 0 Å². The van der Waals surface area contributed by atoms with Crippen LogP contribution in [0, 0.1) is 17.3 Å². The van der Waals surface area contributed by atoms with Crippen LogP contribution >= 0.6 is 27.7 Å². The van der Waals surface area contributed by atoms with Crippen LogP contribution in [0.3, 0.4) is 0 Å². The number of aliphatic carboxylic acids is 1. The van der Waals surface area contributed by atoms with E-state index in [0.717, 1.165) is 6.42 Å². The summed E-state index contributed by atoms with van der Waals surface area (Å²) in [7, 11) is 0. The second kappa shape index (κ2) is 9.19. The predicted molar refractivity (Wildman–Crippen MR) is 133 cm³/mol. The maximum absolute atomic E-state index is 14.3. The fourth-order valence-electron chi connectivity index (χ4n) is 6.48. The Hall–Kier alpha value is -1.06. The topological polar surface area (TPSA) is 98.2 Å². The van der Waals surface area contributed by atoms with Gasteiger partial charge in [-0.05, 0) is 38.5 Å². The van der Waals surface area contributed by atoms with E-state index in [1.165, 1.54) is 11.8 Å². The van der Waals surface area contributed by atoms with E-state index in [0.29, 0.717) is 19.4 Å². The third-order valence-electron chi connectivity index (χ3n) is 7.14. The average Bonchev–Trinajstić information content (AvgIpc) is 3.25. The Morgan fingerprint density at radius 3 is 2.48 bits per heavy atom. The van der Waals surface area contributed by atoms with Gasteiger partial charge >= 0.3 is 5.97 Å². The van der Waals surface area contributed by atoms with Gasteiger partial charge in [-0.1, -0.05) is 42.8 Å². The molecule has 2 N–H and O–H groups in total. The highest BCUT2D eigenvalue weighted by Gasteiger charge is 2.76. The minimum absolute atomic E-state index is 0.0258. The van der Waals surface area contributed by atoms with Crippen molar-refractivity contribution >= 4 is 45.5 Å². The van der Waals surface area contributed by atoms with Crippen LogP contribution in [0.2, 0.25) is 0 Å². The molecule has 3 unspecified atom stereocenters. The third-order valence-corrected chi connectivity index (χ3v) is 10.4. The minimum atomic E-state index is -0.983. The lowest BCUT2D eigenvalue weighted by Crippen LogP contribution is -2.60. The van der Waals surface area contributed by atoms with Crippen molar-refractivity contribution in [1.82, 2.24) is 9.80 Å². The smallest absolute Gasteiger partial charge is 0.308 e. The fourth-order valence-corrected chi connectivity index (χ4v) is 10.1. The summed E-state index contributed by atoms with van der Waals surface area (Å²) in [4.78, 5) is 43.5. The minimum Gasteiger partial charge on any atom is -0.481 e. The molecule has 0 aliphatic carbocycles. The van der Waals surface area contributed by atoms with E-state index in [9.17, 15) is 24.6 Å². The van der Waals surface area contributed by atoms with Crippen LogP contribution in [0.25, 0.3) is 0 Å². The predicted octanol–water partition coefficient (Wildman–Crippen LogP) is 3.15. The second-order valence-electron chi connectivity index (χ2n) is 11.4. The van der Waals surface area contributed by atoms with Gasteiger partial charge in [-0.15, -0.1) is 18.3 Å². The van der Waals surface area contributed by atoms with Gasteiger partial charge in [-0.3, -0.25) is 14.4 Å². The molecule has 2 bridgehead atoms. The SMILES string of the molecule is C=CCN(C(=O)C1N(CCCO)C(=O)[C@@H]2[C@H](C(=O)O)[C@H]3SC12CC3Br)C(C)(C)CC(C)(C)C. The molecule has 186 valence electrons. The molecule has 3 rings (SSSR count). The number of carboxylic acid groups (broad SMARTS) is 1. The summed E-state index contributed by atoms with van der Waals surface area (Å²) in [6, 6.07) is -0.764. The van der Waals surface area contributed by atoms with Gasteiger partial charge in [-0.2, -0.15) is 0 Å². The van der Waals surface area contributed by atoms with Crippen molar-refractivity contribution in [2.45, 2.75) is 80.3 Å². The van der Waals surface area contributed by atoms with Crippen molar-refractivity contribution in [3.63, 3.8) is 0 Å². The molecule has 33 heavy (non-hydrogen) atoms. The number of fused-ring (bicyclic) bond motifs is 1. The first-order valence-corrected chi connectivity index (χ1v) is 13.4. The van der Waals surface area contributed by atoms with Crippen LogP contribution in [0.1, 0.15) is 53.9 Å². The molecule has 0 aromatic rings. The average molecular weight is 546 g/mol. The molecule has 0 saturated carbocycles. The van der Waals surface area contributed by atoms with Crippen molar-refractivity contribution in [3.8, 4) is 0 Å². The Morgan fingerprint density at radius 1 is 1.33 bits per heavy atom. The van der Waals surface area contributed by atoms with E-state index in [2.05, 4.69) is 43.3 Å². The Kier molecular flexibility index (Phi) is 7.39. The van der Waals surface area contributed by atoms with E-state index < -0.39 is 34.1 Å². The number of halogens is 1. The highest BCUT2D eigenvalue weighted by atomic mass is 79.9. The van der Waals surface area contributed by atoms with Crippen LogP contribution in [-0.4, -0.2) is 83.9 Å². The van der Waals surface area contributed by atoms with Crippen molar-refractivity contribution in [2.24, 2.45) is 17.3 Å². The normalized spacial score (nSPS) is 33.4. The van der Waals surface area contributed by atoms with Crippen LogP contribution in [-0.2, 0) is 14.4 Å². The molecule has 3 heterocycles. The molecule has 6 atom stereocenters. The standard InChI is InChI=1S/C24H37BrN2O5S/c1-7-9-27(23(5,6)13-22(2,3)4)20(30)18-24-12-14(25)17(33-24)15(21(31)32)16(24)19(29)26(18)10-8-11-28/h7,14-18,28H,1,8-13H2,2-6H3,(H,31,32)/t14?,15-,16-,17-,18?,24?/m0/s1. The number of hydrogen-bond donors (Lipinski definition) is 2. The first-order valence-electron chi connectivity index (χ1n) is 11.6. The number of carboxylic acids is 1. The lowest BCUT2D eigenvalue weighted by atomic mass is 9.70. The molecular formula is C24H37BrN2O5S. The molecule has 2 amide bonds. The van der Waals surface area contributed by atoms with Gasteiger partial charge in [0, 0.05) is 35.3 Å². The summed E-state index contributed by atoms with van der Waals surface area (Å²) in [6.07, 6.45) is 3.37. The van der Waals surface area contributed by atoms with Crippen LogP contribution in [0.4, 0.5) is 0 Å².